The summed E-state index contributed by atoms with van der Waals surface area (Å²) in [7, 11) is 0. The van der Waals surface area contributed by atoms with E-state index < -0.39 is 6.04 Å². The lowest BCUT2D eigenvalue weighted by atomic mass is 10.2. The molecule has 6 heteroatoms. The molecule has 1 N–H and O–H groups in total. The van der Waals surface area contributed by atoms with Gasteiger partial charge in [0.05, 0.1) is 13.2 Å². The molecule has 2 aliphatic rings. The van der Waals surface area contributed by atoms with Gasteiger partial charge in [-0.25, -0.2) is 4.79 Å². The Hall–Kier alpha value is -0.750. The van der Waals surface area contributed by atoms with E-state index in [1.165, 1.54) is 12.8 Å². The summed E-state index contributed by atoms with van der Waals surface area (Å²) in [6, 6.07) is -0.408. The standard InChI is InChI=1S/C13H22N2O3S/c1-2-18-13(17)11-9-19-6-5-15(11)12(16)8-14-7-10-3-4-10/h10-11,14H,2-9H2,1H3. The number of hydrogen-bond donors (Lipinski definition) is 1. The third kappa shape index (κ3) is 4.38. The number of hydrogen-bond acceptors (Lipinski definition) is 5. The number of esters is 1. The van der Waals surface area contributed by atoms with Crippen molar-refractivity contribution in [2.45, 2.75) is 25.8 Å². The number of carbonyl (C=O) groups is 2. The highest BCUT2D eigenvalue weighted by Crippen LogP contribution is 2.27. The molecule has 0 bridgehead atoms. The van der Waals surface area contributed by atoms with Crippen LogP contribution in [0.5, 0.6) is 0 Å². The van der Waals surface area contributed by atoms with Crippen molar-refractivity contribution < 1.29 is 14.3 Å². The highest BCUT2D eigenvalue weighted by Gasteiger charge is 2.33. The summed E-state index contributed by atoms with van der Waals surface area (Å²) in [5.41, 5.74) is 0. The van der Waals surface area contributed by atoms with Crippen molar-refractivity contribution in [3.63, 3.8) is 0 Å². The number of thioether (sulfide) groups is 1. The first kappa shape index (κ1) is 14.7. The second-order valence-corrected chi connectivity index (χ2v) is 6.15. The van der Waals surface area contributed by atoms with Gasteiger partial charge < -0.3 is 15.0 Å². The fourth-order valence-electron chi connectivity index (χ4n) is 2.14. The van der Waals surface area contributed by atoms with E-state index in [1.54, 1.807) is 23.6 Å². The van der Waals surface area contributed by atoms with E-state index in [0.717, 1.165) is 18.2 Å². The zero-order valence-electron chi connectivity index (χ0n) is 11.4. The summed E-state index contributed by atoms with van der Waals surface area (Å²) in [6.45, 7) is 4.03. The SMILES string of the molecule is CCOC(=O)C1CSCCN1C(=O)CNCC1CC1. The van der Waals surface area contributed by atoms with Crippen molar-refractivity contribution in [3.05, 3.63) is 0 Å². The first-order valence-corrected chi connectivity index (χ1v) is 8.12. The van der Waals surface area contributed by atoms with Gasteiger partial charge in [0.2, 0.25) is 5.91 Å². The number of carbonyl (C=O) groups excluding carboxylic acids is 2. The fourth-order valence-corrected chi connectivity index (χ4v) is 3.17. The van der Waals surface area contributed by atoms with E-state index in [-0.39, 0.29) is 11.9 Å². The lowest BCUT2D eigenvalue weighted by molar-refractivity contribution is -0.153. The fraction of sp³-hybridized carbons (Fsp3) is 0.846. The van der Waals surface area contributed by atoms with Crippen molar-refractivity contribution in [2.24, 2.45) is 5.92 Å². The number of nitrogens with zero attached hydrogens (tertiary/aromatic N) is 1. The topological polar surface area (TPSA) is 58.6 Å². The Bertz CT molecular complexity index is 334. The van der Waals surface area contributed by atoms with Gasteiger partial charge in [-0.3, -0.25) is 4.79 Å². The molecule has 2 fully saturated rings. The first-order valence-electron chi connectivity index (χ1n) is 6.97. The molecule has 1 saturated heterocycles. The Morgan fingerprint density at radius 1 is 1.42 bits per heavy atom. The Balaban J connectivity index is 1.82. The lowest BCUT2D eigenvalue weighted by Gasteiger charge is -2.33. The summed E-state index contributed by atoms with van der Waals surface area (Å²) < 4.78 is 5.05. The third-order valence-corrected chi connectivity index (χ3v) is 4.44. The average Bonchev–Trinajstić information content (AvgIpc) is 3.23. The molecule has 1 unspecified atom stereocenters. The molecular weight excluding hydrogens is 264 g/mol. The van der Waals surface area contributed by atoms with Gasteiger partial charge in [0.25, 0.3) is 0 Å². The van der Waals surface area contributed by atoms with Gasteiger partial charge in [-0.15, -0.1) is 0 Å². The normalized spacial score (nSPS) is 23.2. The molecule has 1 amide bonds. The molecule has 0 aromatic heterocycles. The molecule has 2 rings (SSSR count). The predicted molar refractivity (Wildman–Crippen MR) is 75.1 cm³/mol. The molecule has 19 heavy (non-hydrogen) atoms. The Morgan fingerprint density at radius 3 is 2.89 bits per heavy atom. The van der Waals surface area contributed by atoms with Crippen LogP contribution in [-0.4, -0.2) is 60.6 Å². The van der Waals surface area contributed by atoms with Crippen molar-refractivity contribution in [1.29, 1.82) is 0 Å². The molecule has 5 nitrogen and oxygen atoms in total. The third-order valence-electron chi connectivity index (χ3n) is 3.41. The minimum absolute atomic E-state index is 0.0130. The highest BCUT2D eigenvalue weighted by molar-refractivity contribution is 7.99. The van der Waals surface area contributed by atoms with Crippen LogP contribution in [0.2, 0.25) is 0 Å². The number of amides is 1. The summed E-state index contributed by atoms with van der Waals surface area (Å²) in [5.74, 6) is 2.03. The maximum absolute atomic E-state index is 12.2. The number of ether oxygens (including phenoxy) is 1. The maximum Gasteiger partial charge on any atom is 0.329 e. The zero-order chi connectivity index (χ0) is 13.7. The van der Waals surface area contributed by atoms with Crippen LogP contribution in [0.15, 0.2) is 0 Å². The number of rotatable bonds is 6. The van der Waals surface area contributed by atoms with E-state index >= 15 is 0 Å². The predicted octanol–water partition coefficient (Wildman–Crippen LogP) is 0.493. The quantitative estimate of drug-likeness (QED) is 0.720. The average molecular weight is 286 g/mol. The van der Waals surface area contributed by atoms with Crippen molar-refractivity contribution in [3.8, 4) is 0 Å². The molecule has 1 heterocycles. The first-order chi connectivity index (χ1) is 9.22. The van der Waals surface area contributed by atoms with Crippen LogP contribution in [-0.2, 0) is 14.3 Å². The van der Waals surface area contributed by atoms with Gasteiger partial charge in [-0.2, -0.15) is 11.8 Å². The van der Waals surface area contributed by atoms with Gasteiger partial charge >= 0.3 is 5.97 Å². The largest absolute Gasteiger partial charge is 0.464 e. The van der Waals surface area contributed by atoms with Crippen molar-refractivity contribution >= 4 is 23.6 Å². The number of nitrogens with one attached hydrogen (secondary N) is 1. The Labute approximate surface area is 118 Å². The maximum atomic E-state index is 12.2. The minimum atomic E-state index is -0.408. The summed E-state index contributed by atoms with van der Waals surface area (Å²) in [5, 5.41) is 3.19. The Kier molecular flexibility index (Phi) is 5.51. The molecule has 1 aliphatic heterocycles. The molecule has 108 valence electrons. The van der Waals surface area contributed by atoms with Gasteiger partial charge in [0.15, 0.2) is 0 Å². The van der Waals surface area contributed by atoms with Crippen molar-refractivity contribution in [1.82, 2.24) is 10.2 Å². The van der Waals surface area contributed by atoms with E-state index in [0.29, 0.717) is 25.4 Å². The van der Waals surface area contributed by atoms with E-state index in [4.69, 9.17) is 4.74 Å². The van der Waals surface area contributed by atoms with Crippen LogP contribution >= 0.6 is 11.8 Å². The second kappa shape index (κ2) is 7.14. The molecule has 0 radical (unpaired) electrons. The molecule has 0 aromatic rings. The highest BCUT2D eigenvalue weighted by atomic mass is 32.2. The van der Waals surface area contributed by atoms with Crippen LogP contribution in [0.25, 0.3) is 0 Å². The van der Waals surface area contributed by atoms with E-state index in [1.807, 2.05) is 0 Å². The molecule has 1 saturated carbocycles. The molecule has 1 atom stereocenters. The van der Waals surface area contributed by atoms with Crippen LogP contribution in [0.1, 0.15) is 19.8 Å². The molecule has 0 spiro atoms. The van der Waals surface area contributed by atoms with Gasteiger partial charge in [-0.05, 0) is 32.2 Å². The monoisotopic (exact) mass is 286 g/mol. The summed E-state index contributed by atoms with van der Waals surface area (Å²) >= 11 is 1.70. The van der Waals surface area contributed by atoms with Crippen LogP contribution in [0, 0.1) is 5.92 Å². The minimum Gasteiger partial charge on any atom is -0.464 e. The van der Waals surface area contributed by atoms with Crippen LogP contribution in [0.3, 0.4) is 0 Å². The summed E-state index contributed by atoms with van der Waals surface area (Å²) in [4.78, 5) is 25.7. The van der Waals surface area contributed by atoms with E-state index in [9.17, 15) is 9.59 Å². The van der Waals surface area contributed by atoms with Gasteiger partial charge in [-0.1, -0.05) is 0 Å². The van der Waals surface area contributed by atoms with Crippen LogP contribution < -0.4 is 5.32 Å². The second-order valence-electron chi connectivity index (χ2n) is 5.00. The van der Waals surface area contributed by atoms with E-state index in [2.05, 4.69) is 5.32 Å². The molecular formula is C13H22N2O3S. The Morgan fingerprint density at radius 2 is 2.21 bits per heavy atom. The lowest BCUT2D eigenvalue weighted by Crippen LogP contribution is -2.53. The summed E-state index contributed by atoms with van der Waals surface area (Å²) in [6.07, 6.45) is 2.54. The molecule has 1 aliphatic carbocycles. The van der Waals surface area contributed by atoms with Gasteiger partial charge in [0, 0.05) is 18.1 Å². The smallest absolute Gasteiger partial charge is 0.329 e. The zero-order valence-corrected chi connectivity index (χ0v) is 12.2. The van der Waals surface area contributed by atoms with Gasteiger partial charge in [0.1, 0.15) is 6.04 Å². The van der Waals surface area contributed by atoms with Crippen LogP contribution in [0.4, 0.5) is 0 Å². The van der Waals surface area contributed by atoms with Crippen molar-refractivity contribution in [2.75, 3.05) is 37.7 Å². The molecule has 0 aromatic carbocycles.